The van der Waals surface area contributed by atoms with Gasteiger partial charge in [-0.05, 0) is 50.8 Å². The maximum Gasteiger partial charge on any atom is 0.252 e. The highest BCUT2D eigenvalue weighted by Gasteiger charge is 2.35. The zero-order valence-corrected chi connectivity index (χ0v) is 17.9. The Morgan fingerprint density at radius 2 is 1.83 bits per heavy atom. The van der Waals surface area contributed by atoms with Gasteiger partial charge in [-0.15, -0.1) is 0 Å². The first-order chi connectivity index (χ1) is 13.9. The Kier molecular flexibility index (Phi) is 8.49. The predicted octanol–water partition coefficient (Wildman–Crippen LogP) is 2.31. The minimum absolute atomic E-state index is 0.00133. The fraction of sp³-hybridized carbons (Fsp3) is 0.591. The minimum Gasteiger partial charge on any atom is -0.497 e. The molecule has 1 aromatic carbocycles. The van der Waals surface area contributed by atoms with Crippen molar-refractivity contribution in [3.05, 3.63) is 29.8 Å². The van der Waals surface area contributed by atoms with Gasteiger partial charge in [-0.1, -0.05) is 13.0 Å². The number of hydrogen-bond acceptors (Lipinski definition) is 4. The summed E-state index contributed by atoms with van der Waals surface area (Å²) in [4.78, 5) is 41.6. The van der Waals surface area contributed by atoms with Gasteiger partial charge in [0, 0.05) is 38.2 Å². The molecular weight excluding hydrogens is 370 g/mol. The molecule has 1 saturated heterocycles. The molecule has 7 heteroatoms. The molecule has 1 aromatic rings. The van der Waals surface area contributed by atoms with E-state index in [9.17, 15) is 14.4 Å². The third kappa shape index (κ3) is 5.71. The highest BCUT2D eigenvalue weighted by molar-refractivity contribution is 5.98. The number of carbonyl (C=O) groups is 3. The van der Waals surface area contributed by atoms with Gasteiger partial charge in [0.1, 0.15) is 11.8 Å². The Morgan fingerprint density at radius 1 is 1.17 bits per heavy atom. The van der Waals surface area contributed by atoms with Crippen LogP contribution in [0.15, 0.2) is 24.3 Å². The third-order valence-electron chi connectivity index (χ3n) is 5.63. The number of benzene rings is 1. The van der Waals surface area contributed by atoms with Crippen LogP contribution in [0.4, 0.5) is 0 Å². The van der Waals surface area contributed by atoms with E-state index in [2.05, 4.69) is 5.32 Å². The monoisotopic (exact) mass is 403 g/mol. The van der Waals surface area contributed by atoms with E-state index >= 15 is 0 Å². The van der Waals surface area contributed by atoms with Crippen LogP contribution in [-0.4, -0.2) is 66.9 Å². The second kappa shape index (κ2) is 10.8. The fourth-order valence-electron chi connectivity index (χ4n) is 3.81. The van der Waals surface area contributed by atoms with E-state index in [1.54, 1.807) is 36.3 Å². The van der Waals surface area contributed by atoms with Crippen LogP contribution in [0, 0.1) is 5.92 Å². The maximum atomic E-state index is 13.2. The summed E-state index contributed by atoms with van der Waals surface area (Å²) >= 11 is 0. The van der Waals surface area contributed by atoms with Gasteiger partial charge >= 0.3 is 0 Å². The highest BCUT2D eigenvalue weighted by atomic mass is 16.5. The summed E-state index contributed by atoms with van der Waals surface area (Å²) in [6.07, 6.45) is 1.88. The van der Waals surface area contributed by atoms with Crippen molar-refractivity contribution in [1.82, 2.24) is 15.1 Å². The second-order valence-electron chi connectivity index (χ2n) is 7.27. The lowest BCUT2D eigenvalue weighted by molar-refractivity contribution is -0.135. The second-order valence-corrected chi connectivity index (χ2v) is 7.27. The van der Waals surface area contributed by atoms with Crippen LogP contribution in [0.5, 0.6) is 5.75 Å². The van der Waals surface area contributed by atoms with Gasteiger partial charge in [-0.3, -0.25) is 14.4 Å². The Balaban J connectivity index is 2.18. The minimum atomic E-state index is -0.604. The zero-order chi connectivity index (χ0) is 21.4. The third-order valence-corrected chi connectivity index (χ3v) is 5.63. The van der Waals surface area contributed by atoms with Crippen LogP contribution in [-0.2, 0) is 9.59 Å². The molecule has 1 atom stereocenters. The Labute approximate surface area is 173 Å². The molecule has 0 aliphatic carbocycles. The zero-order valence-electron chi connectivity index (χ0n) is 17.9. The van der Waals surface area contributed by atoms with E-state index in [4.69, 9.17) is 4.74 Å². The van der Waals surface area contributed by atoms with Gasteiger partial charge in [0.25, 0.3) is 5.91 Å². The fourth-order valence-corrected chi connectivity index (χ4v) is 3.81. The van der Waals surface area contributed by atoms with E-state index in [0.29, 0.717) is 56.8 Å². The van der Waals surface area contributed by atoms with Crippen molar-refractivity contribution in [2.75, 3.05) is 33.3 Å². The van der Waals surface area contributed by atoms with Crippen molar-refractivity contribution >= 4 is 17.7 Å². The molecule has 1 heterocycles. The molecule has 0 aromatic heterocycles. The molecule has 0 spiro atoms. The molecule has 1 aliphatic heterocycles. The molecule has 1 unspecified atom stereocenters. The highest BCUT2D eigenvalue weighted by Crippen LogP contribution is 2.23. The smallest absolute Gasteiger partial charge is 0.252 e. The molecule has 160 valence electrons. The van der Waals surface area contributed by atoms with Gasteiger partial charge in [0.05, 0.1) is 7.11 Å². The van der Waals surface area contributed by atoms with Crippen LogP contribution in [0.2, 0.25) is 0 Å². The van der Waals surface area contributed by atoms with Gasteiger partial charge in [0.15, 0.2) is 0 Å². The number of piperidine rings is 1. The van der Waals surface area contributed by atoms with Crippen molar-refractivity contribution in [2.45, 2.75) is 46.1 Å². The normalized spacial score (nSPS) is 15.5. The van der Waals surface area contributed by atoms with Gasteiger partial charge in [-0.2, -0.15) is 0 Å². The molecule has 29 heavy (non-hydrogen) atoms. The van der Waals surface area contributed by atoms with E-state index in [1.165, 1.54) is 0 Å². The standard InChI is InChI=1S/C22H33N3O4/c1-5-19(26)25-13-11-16(12-14-25)20(22(28)24(6-2)7-3)23-21(27)17-9-8-10-18(15-17)29-4/h8-10,15-16,20H,5-7,11-14H2,1-4H3,(H,23,27). The van der Waals surface area contributed by atoms with Crippen molar-refractivity contribution in [3.63, 3.8) is 0 Å². The van der Waals surface area contributed by atoms with Gasteiger partial charge in [-0.25, -0.2) is 0 Å². The molecular formula is C22H33N3O4. The number of rotatable bonds is 8. The van der Waals surface area contributed by atoms with Crippen LogP contribution < -0.4 is 10.1 Å². The lowest BCUT2D eigenvalue weighted by Gasteiger charge is -2.37. The van der Waals surface area contributed by atoms with Crippen molar-refractivity contribution in [1.29, 1.82) is 0 Å². The Bertz CT molecular complexity index is 710. The summed E-state index contributed by atoms with van der Waals surface area (Å²) in [6.45, 7) is 8.15. The number of amides is 3. The lowest BCUT2D eigenvalue weighted by Crippen LogP contribution is -2.54. The number of carbonyl (C=O) groups excluding carboxylic acids is 3. The largest absolute Gasteiger partial charge is 0.497 e. The summed E-state index contributed by atoms with van der Waals surface area (Å²) in [5.41, 5.74) is 0.459. The van der Waals surface area contributed by atoms with Crippen molar-refractivity contribution in [3.8, 4) is 5.75 Å². The van der Waals surface area contributed by atoms with Crippen LogP contribution >= 0.6 is 0 Å². The lowest BCUT2D eigenvalue weighted by atomic mass is 9.88. The summed E-state index contributed by atoms with van der Waals surface area (Å²) in [5.74, 6) is 0.373. The van der Waals surface area contributed by atoms with Crippen LogP contribution in [0.25, 0.3) is 0 Å². The number of hydrogen-bond donors (Lipinski definition) is 1. The summed E-state index contributed by atoms with van der Waals surface area (Å²) < 4.78 is 5.20. The molecule has 1 aliphatic rings. The molecule has 1 fully saturated rings. The van der Waals surface area contributed by atoms with E-state index in [-0.39, 0.29) is 23.6 Å². The number of nitrogens with one attached hydrogen (secondary N) is 1. The molecule has 0 radical (unpaired) electrons. The average molecular weight is 404 g/mol. The van der Waals surface area contributed by atoms with Crippen molar-refractivity contribution < 1.29 is 19.1 Å². The molecule has 2 rings (SSSR count). The molecule has 0 saturated carbocycles. The van der Waals surface area contributed by atoms with E-state index < -0.39 is 6.04 Å². The number of likely N-dealkylation sites (N-methyl/N-ethyl adjacent to an activating group) is 1. The van der Waals surface area contributed by atoms with E-state index in [1.807, 2.05) is 25.7 Å². The van der Waals surface area contributed by atoms with Crippen molar-refractivity contribution in [2.24, 2.45) is 5.92 Å². The summed E-state index contributed by atoms with van der Waals surface area (Å²) in [7, 11) is 1.55. The SMILES string of the molecule is CCC(=O)N1CCC(C(NC(=O)c2cccc(OC)c2)C(=O)N(CC)CC)CC1. The predicted molar refractivity (Wildman–Crippen MR) is 112 cm³/mol. The first-order valence-corrected chi connectivity index (χ1v) is 10.5. The quantitative estimate of drug-likeness (QED) is 0.722. The van der Waals surface area contributed by atoms with E-state index in [0.717, 1.165) is 0 Å². The molecule has 7 nitrogen and oxygen atoms in total. The van der Waals surface area contributed by atoms with Crippen LogP contribution in [0.1, 0.15) is 50.4 Å². The molecule has 3 amide bonds. The first kappa shape index (κ1) is 22.7. The molecule has 1 N–H and O–H groups in total. The first-order valence-electron chi connectivity index (χ1n) is 10.5. The number of methoxy groups -OCH3 is 1. The number of ether oxygens (including phenoxy) is 1. The van der Waals surface area contributed by atoms with Gasteiger partial charge < -0.3 is 19.9 Å². The summed E-state index contributed by atoms with van der Waals surface area (Å²) in [5, 5.41) is 2.97. The maximum absolute atomic E-state index is 13.2. The number of likely N-dealkylation sites (tertiary alicyclic amines) is 1. The number of nitrogens with zero attached hydrogens (tertiary/aromatic N) is 2. The van der Waals surface area contributed by atoms with Gasteiger partial charge in [0.2, 0.25) is 11.8 Å². The topological polar surface area (TPSA) is 79.0 Å². The molecule has 0 bridgehead atoms. The Morgan fingerprint density at radius 3 is 2.38 bits per heavy atom. The Hall–Kier alpha value is -2.57. The van der Waals surface area contributed by atoms with Crippen LogP contribution in [0.3, 0.4) is 0 Å². The average Bonchev–Trinajstić information content (AvgIpc) is 2.77. The summed E-state index contributed by atoms with van der Waals surface area (Å²) in [6, 6.07) is 6.29.